The van der Waals surface area contributed by atoms with Gasteiger partial charge < -0.3 is 20.4 Å². The second-order valence-corrected chi connectivity index (χ2v) is 4.46. The predicted molar refractivity (Wildman–Crippen MR) is 60.5 cm³/mol. The van der Waals surface area contributed by atoms with E-state index >= 15 is 0 Å². The molecule has 0 aliphatic heterocycles. The molecule has 0 saturated carbocycles. The van der Waals surface area contributed by atoms with Gasteiger partial charge in [0.1, 0.15) is 0 Å². The van der Waals surface area contributed by atoms with E-state index in [4.69, 9.17) is 20.4 Å². The van der Waals surface area contributed by atoms with Crippen LogP contribution in [0.3, 0.4) is 0 Å². The summed E-state index contributed by atoms with van der Waals surface area (Å²) in [5.41, 5.74) is 0. The van der Waals surface area contributed by atoms with Gasteiger partial charge in [-0.05, 0) is 18.3 Å². The van der Waals surface area contributed by atoms with Crippen molar-refractivity contribution >= 4 is 0 Å². The fourth-order valence-electron chi connectivity index (χ4n) is 0.830. The molecule has 4 nitrogen and oxygen atoms in total. The Morgan fingerprint density at radius 1 is 0.867 bits per heavy atom. The standard InChI is InChI=1S/C6H14O2.C5H12O2/c1-5(2)3-6(8)4-7;1-4(2)5(7)3-6/h5-8H,3-4H2,1-2H3;4-7H,3H2,1-2H3/t6-;5-/m11/s1. The first-order chi connectivity index (χ1) is 6.84. The summed E-state index contributed by atoms with van der Waals surface area (Å²) in [4.78, 5) is 0. The van der Waals surface area contributed by atoms with Gasteiger partial charge in [0.2, 0.25) is 0 Å². The Morgan fingerprint density at radius 2 is 1.33 bits per heavy atom. The van der Waals surface area contributed by atoms with Crippen molar-refractivity contribution in [2.45, 2.75) is 46.3 Å². The Hall–Kier alpha value is -0.160. The minimum absolute atomic E-state index is 0.113. The molecule has 0 rings (SSSR count). The van der Waals surface area contributed by atoms with Gasteiger partial charge in [0.05, 0.1) is 25.4 Å². The van der Waals surface area contributed by atoms with Crippen LogP contribution in [0.4, 0.5) is 0 Å². The van der Waals surface area contributed by atoms with Gasteiger partial charge in [-0.3, -0.25) is 0 Å². The van der Waals surface area contributed by atoms with Crippen LogP contribution in [0.5, 0.6) is 0 Å². The quantitative estimate of drug-likeness (QED) is 0.542. The van der Waals surface area contributed by atoms with Crippen molar-refractivity contribution in [1.82, 2.24) is 0 Å². The van der Waals surface area contributed by atoms with Crippen LogP contribution in [-0.2, 0) is 0 Å². The molecule has 94 valence electrons. The van der Waals surface area contributed by atoms with Crippen molar-refractivity contribution in [3.8, 4) is 0 Å². The predicted octanol–water partition coefficient (Wildman–Crippen LogP) is 0.381. The highest BCUT2D eigenvalue weighted by Gasteiger charge is 2.04. The van der Waals surface area contributed by atoms with Gasteiger partial charge in [-0.15, -0.1) is 0 Å². The lowest BCUT2D eigenvalue weighted by Gasteiger charge is -2.08. The Labute approximate surface area is 92.6 Å². The monoisotopic (exact) mass is 222 g/mol. The van der Waals surface area contributed by atoms with Crippen LogP contribution in [0, 0.1) is 11.8 Å². The SMILES string of the molecule is CC(C)C[C@@H](O)CO.CC(C)[C@H](O)CO. The maximum atomic E-state index is 8.78. The van der Waals surface area contributed by atoms with E-state index in [2.05, 4.69) is 0 Å². The number of aliphatic hydroxyl groups is 4. The van der Waals surface area contributed by atoms with E-state index in [1.807, 2.05) is 27.7 Å². The van der Waals surface area contributed by atoms with Crippen LogP contribution in [0.15, 0.2) is 0 Å². The third-order valence-electron chi connectivity index (χ3n) is 1.91. The summed E-state index contributed by atoms with van der Waals surface area (Å²) < 4.78 is 0. The van der Waals surface area contributed by atoms with E-state index < -0.39 is 12.2 Å². The zero-order valence-corrected chi connectivity index (χ0v) is 10.2. The largest absolute Gasteiger partial charge is 0.394 e. The van der Waals surface area contributed by atoms with Crippen LogP contribution in [0.25, 0.3) is 0 Å². The first-order valence-corrected chi connectivity index (χ1v) is 5.42. The second kappa shape index (κ2) is 10.4. The molecule has 0 spiro atoms. The zero-order chi connectivity index (χ0) is 12.4. The van der Waals surface area contributed by atoms with Gasteiger partial charge in [-0.25, -0.2) is 0 Å². The van der Waals surface area contributed by atoms with E-state index in [0.717, 1.165) is 0 Å². The molecule has 0 bridgehead atoms. The van der Waals surface area contributed by atoms with Gasteiger partial charge >= 0.3 is 0 Å². The van der Waals surface area contributed by atoms with Crippen LogP contribution in [0.2, 0.25) is 0 Å². The first kappa shape index (κ1) is 17.2. The molecule has 0 aliphatic carbocycles. The number of aliphatic hydroxyl groups excluding tert-OH is 4. The molecule has 15 heavy (non-hydrogen) atoms. The molecule has 0 fully saturated rings. The van der Waals surface area contributed by atoms with E-state index in [1.165, 1.54) is 0 Å². The highest BCUT2D eigenvalue weighted by atomic mass is 16.3. The topological polar surface area (TPSA) is 80.9 Å². The van der Waals surface area contributed by atoms with E-state index in [-0.39, 0.29) is 19.1 Å². The molecule has 0 unspecified atom stereocenters. The van der Waals surface area contributed by atoms with Gasteiger partial charge in [-0.2, -0.15) is 0 Å². The summed E-state index contributed by atoms with van der Waals surface area (Å²) in [6.07, 6.45) is -0.369. The van der Waals surface area contributed by atoms with Crippen molar-refractivity contribution in [2.75, 3.05) is 13.2 Å². The van der Waals surface area contributed by atoms with E-state index in [1.54, 1.807) is 0 Å². The van der Waals surface area contributed by atoms with Gasteiger partial charge in [-0.1, -0.05) is 27.7 Å². The van der Waals surface area contributed by atoms with Crippen molar-refractivity contribution < 1.29 is 20.4 Å². The van der Waals surface area contributed by atoms with Crippen molar-refractivity contribution in [3.05, 3.63) is 0 Å². The Kier molecular flexibility index (Phi) is 11.9. The third kappa shape index (κ3) is 13.8. The van der Waals surface area contributed by atoms with Crippen LogP contribution in [-0.4, -0.2) is 45.8 Å². The molecular weight excluding hydrogens is 196 g/mol. The van der Waals surface area contributed by atoms with E-state index in [0.29, 0.717) is 12.3 Å². The molecule has 2 atom stereocenters. The lowest BCUT2D eigenvalue weighted by molar-refractivity contribution is 0.0597. The fraction of sp³-hybridized carbons (Fsp3) is 1.00. The molecule has 0 radical (unpaired) electrons. The van der Waals surface area contributed by atoms with Crippen LogP contribution >= 0.6 is 0 Å². The van der Waals surface area contributed by atoms with Crippen LogP contribution in [0.1, 0.15) is 34.1 Å². The zero-order valence-electron chi connectivity index (χ0n) is 10.2. The molecular formula is C11H26O4. The number of hydrogen-bond donors (Lipinski definition) is 4. The highest BCUT2D eigenvalue weighted by Crippen LogP contribution is 2.02. The Balaban J connectivity index is 0. The molecule has 0 aromatic rings. The summed E-state index contributed by atoms with van der Waals surface area (Å²) >= 11 is 0. The van der Waals surface area contributed by atoms with Gasteiger partial charge in [0.15, 0.2) is 0 Å². The molecule has 4 heteroatoms. The molecule has 0 aromatic carbocycles. The van der Waals surface area contributed by atoms with Crippen molar-refractivity contribution in [1.29, 1.82) is 0 Å². The molecule has 0 aliphatic rings. The average molecular weight is 222 g/mol. The summed E-state index contributed by atoms with van der Waals surface area (Å²) in [6.45, 7) is 7.51. The normalized spacial score (nSPS) is 14.8. The van der Waals surface area contributed by atoms with Gasteiger partial charge in [0, 0.05) is 0 Å². The minimum Gasteiger partial charge on any atom is -0.394 e. The second-order valence-electron chi connectivity index (χ2n) is 4.46. The highest BCUT2D eigenvalue weighted by molar-refractivity contribution is 4.55. The van der Waals surface area contributed by atoms with Crippen molar-refractivity contribution in [2.24, 2.45) is 11.8 Å². The number of hydrogen-bond acceptors (Lipinski definition) is 4. The number of rotatable bonds is 5. The first-order valence-electron chi connectivity index (χ1n) is 5.42. The third-order valence-corrected chi connectivity index (χ3v) is 1.91. The molecule has 0 saturated heterocycles. The Bertz CT molecular complexity index is 126. The minimum atomic E-state index is -0.542. The van der Waals surface area contributed by atoms with Crippen LogP contribution < -0.4 is 0 Å². The smallest absolute Gasteiger partial charge is 0.0793 e. The lowest BCUT2D eigenvalue weighted by atomic mass is 10.1. The Morgan fingerprint density at radius 3 is 1.40 bits per heavy atom. The average Bonchev–Trinajstić information content (AvgIpc) is 2.16. The molecule has 0 heterocycles. The lowest BCUT2D eigenvalue weighted by Crippen LogP contribution is -2.18. The summed E-state index contributed by atoms with van der Waals surface area (Å²) in [5.74, 6) is 0.641. The summed E-state index contributed by atoms with van der Waals surface area (Å²) in [6, 6.07) is 0. The van der Waals surface area contributed by atoms with Gasteiger partial charge in [0.25, 0.3) is 0 Å². The molecule has 0 amide bonds. The maximum Gasteiger partial charge on any atom is 0.0793 e. The van der Waals surface area contributed by atoms with E-state index in [9.17, 15) is 0 Å². The maximum absolute atomic E-state index is 8.78. The molecule has 0 aromatic heterocycles. The summed E-state index contributed by atoms with van der Waals surface area (Å²) in [5, 5.41) is 34.1. The van der Waals surface area contributed by atoms with Crippen molar-refractivity contribution in [3.63, 3.8) is 0 Å². The summed E-state index contributed by atoms with van der Waals surface area (Å²) in [7, 11) is 0. The molecule has 4 N–H and O–H groups in total. The fourth-order valence-corrected chi connectivity index (χ4v) is 0.830.